The van der Waals surface area contributed by atoms with E-state index in [4.69, 9.17) is 18.5 Å². The summed E-state index contributed by atoms with van der Waals surface area (Å²) in [5.74, 6) is 4.98. The summed E-state index contributed by atoms with van der Waals surface area (Å²) in [4.78, 5) is 13.0. The van der Waals surface area contributed by atoms with Gasteiger partial charge in [-0.1, -0.05) is 65.5 Å². The molecule has 10 atom stereocenters. The Morgan fingerprint density at radius 3 is 2.48 bits per heavy atom. The molecular weight excluding hydrogens is 623 g/mol. The number of ether oxygens (including phenoxy) is 2. The number of nitrogens with zero attached hydrogens (tertiary/aromatic N) is 1. The first-order chi connectivity index (χ1) is 22.7. The number of likely N-dealkylation sites (N-methyl/N-ethyl adjacent to an activating group) is 1. The van der Waals surface area contributed by atoms with Gasteiger partial charge in [0.2, 0.25) is 0 Å². The topological polar surface area (TPSA) is 83.1 Å². The van der Waals surface area contributed by atoms with Crippen molar-refractivity contribution in [2.24, 2.45) is 46.3 Å². The number of allylic oxidation sites excluding steroid dienone is 1. The zero-order chi connectivity index (χ0) is 35.2. The Morgan fingerprint density at radius 2 is 1.77 bits per heavy atom. The molecule has 0 aromatic rings. The smallest absolute Gasteiger partial charge is 0.407 e. The number of nitrogens with one attached hydrogen (secondary N) is 1. The van der Waals surface area contributed by atoms with Crippen LogP contribution < -0.4 is 5.32 Å². The first-order valence-corrected chi connectivity index (χ1v) is 21.5. The Morgan fingerprint density at radius 1 is 1.02 bits per heavy atom. The summed E-state index contributed by atoms with van der Waals surface area (Å²) in [6.07, 6.45) is 16.1. The third kappa shape index (κ3) is 9.69. The molecule has 0 aliphatic heterocycles. The van der Waals surface area contributed by atoms with Gasteiger partial charge in [0.25, 0.3) is 0 Å². The number of carbonyl (C=O) groups excluding carboxylic acids is 1. The molecule has 0 spiro atoms. The second-order valence-electron chi connectivity index (χ2n) is 17.3. The molecule has 278 valence electrons. The molecule has 3 saturated carbocycles. The second-order valence-corrected chi connectivity index (χ2v) is 19.4. The lowest BCUT2D eigenvalue weighted by Gasteiger charge is -2.58. The third-order valence-electron chi connectivity index (χ3n) is 13.6. The maximum absolute atomic E-state index is 13.0. The Balaban J connectivity index is 1.27. The molecule has 3 fully saturated rings. The first kappa shape index (κ1) is 39.9. The number of fused-ring (bicyclic) bond motifs is 5. The van der Waals surface area contributed by atoms with E-state index in [0.717, 1.165) is 61.3 Å². The van der Waals surface area contributed by atoms with Gasteiger partial charge in [0.1, 0.15) is 25.8 Å². The minimum Gasteiger partial charge on any atom is -0.446 e. The molecule has 4 aliphatic carbocycles. The first-order valence-electron chi connectivity index (χ1n) is 19.5. The lowest BCUT2D eigenvalue weighted by Crippen LogP contribution is -2.52. The van der Waals surface area contributed by atoms with Crippen molar-refractivity contribution >= 4 is 13.7 Å². The summed E-state index contributed by atoms with van der Waals surface area (Å²) < 4.78 is 35.2. The number of alkyl carbamates (subject to hydrolysis) is 1. The third-order valence-corrected chi connectivity index (χ3v) is 15.0. The van der Waals surface area contributed by atoms with Gasteiger partial charge >= 0.3 is 13.7 Å². The SMILES string of the molecule is CCOP(C)(=O)OCC[N+](C)(CCNC(=O)O[C@H]1CC[C@@]2(C)C(=CC[C@H]3C4CC[C@H]([C@H](C)CCCC(C)C)[C@@]4(C)CC[C@H]32)C1)CCOC. The van der Waals surface area contributed by atoms with E-state index >= 15 is 0 Å². The fourth-order valence-electron chi connectivity index (χ4n) is 10.7. The van der Waals surface area contributed by atoms with Gasteiger partial charge in [-0.3, -0.25) is 4.57 Å². The molecule has 4 rings (SSSR count). The predicted octanol–water partition coefficient (Wildman–Crippen LogP) is 9.09. The van der Waals surface area contributed by atoms with Crippen molar-refractivity contribution < 1.29 is 32.4 Å². The number of rotatable bonds is 18. The predicted molar refractivity (Wildman–Crippen MR) is 195 cm³/mol. The van der Waals surface area contributed by atoms with Gasteiger partial charge in [-0.05, 0) is 98.2 Å². The van der Waals surface area contributed by atoms with Crippen LogP contribution in [-0.2, 0) is 23.1 Å². The van der Waals surface area contributed by atoms with Crippen LogP contribution in [0.5, 0.6) is 0 Å². The highest BCUT2D eigenvalue weighted by Crippen LogP contribution is 2.67. The monoisotopic (exact) mass is 696 g/mol. The number of amides is 1. The average Bonchev–Trinajstić information content (AvgIpc) is 3.37. The number of methoxy groups -OCH3 is 1. The molecule has 0 aromatic heterocycles. The van der Waals surface area contributed by atoms with Crippen LogP contribution in [-0.4, -0.2) is 83.5 Å². The summed E-state index contributed by atoms with van der Waals surface area (Å²) in [7, 11) is 0.750. The van der Waals surface area contributed by atoms with Crippen molar-refractivity contribution in [3.8, 4) is 0 Å². The van der Waals surface area contributed by atoms with Crippen LogP contribution in [0.25, 0.3) is 0 Å². The van der Waals surface area contributed by atoms with Gasteiger partial charge in [0.15, 0.2) is 0 Å². The van der Waals surface area contributed by atoms with E-state index in [-0.39, 0.29) is 17.6 Å². The molecule has 0 saturated heterocycles. The van der Waals surface area contributed by atoms with Crippen molar-refractivity contribution in [3.05, 3.63) is 11.6 Å². The van der Waals surface area contributed by atoms with E-state index < -0.39 is 7.60 Å². The summed E-state index contributed by atoms with van der Waals surface area (Å²) in [6, 6.07) is 0. The maximum atomic E-state index is 13.0. The standard InChI is InChI=1S/C39H71N2O6P/c1-10-45-48(9,43)46-27-25-41(7,24-26-44-8)23-22-40-37(42)47-32-18-20-38(5)31(28-32)14-15-33-35-17-16-34(30(4)13-11-12-29(2)3)39(35,6)21-19-36(33)38/h14,29-30,32-36H,10-13,15-28H2,1-9H3/p+1/t30-,32+,33+,34-,35?,36-,38+,39-,41?,48?/m1/s1. The quantitative estimate of drug-likeness (QED) is 0.0875. The van der Waals surface area contributed by atoms with Gasteiger partial charge in [-0.25, -0.2) is 4.79 Å². The van der Waals surface area contributed by atoms with Crippen molar-refractivity contribution in [2.45, 2.75) is 118 Å². The average molecular weight is 696 g/mol. The van der Waals surface area contributed by atoms with Gasteiger partial charge in [0.05, 0.1) is 33.4 Å². The van der Waals surface area contributed by atoms with Gasteiger partial charge in [-0.15, -0.1) is 0 Å². The Labute approximate surface area is 293 Å². The number of carbonyl (C=O) groups is 1. The van der Waals surface area contributed by atoms with Crippen molar-refractivity contribution in [1.82, 2.24) is 5.32 Å². The zero-order valence-electron chi connectivity index (χ0n) is 32.2. The molecule has 1 N–H and O–H groups in total. The number of hydrogen-bond acceptors (Lipinski definition) is 6. The summed E-state index contributed by atoms with van der Waals surface area (Å²) in [5, 5.41) is 3.02. The zero-order valence-corrected chi connectivity index (χ0v) is 33.1. The van der Waals surface area contributed by atoms with Crippen molar-refractivity contribution in [3.63, 3.8) is 0 Å². The second kappa shape index (κ2) is 17.1. The Bertz CT molecular complexity index is 1130. The molecule has 8 nitrogen and oxygen atoms in total. The van der Waals surface area contributed by atoms with Crippen LogP contribution in [0, 0.1) is 46.3 Å². The van der Waals surface area contributed by atoms with E-state index in [2.05, 4.69) is 53.1 Å². The van der Waals surface area contributed by atoms with Crippen molar-refractivity contribution in [1.29, 1.82) is 0 Å². The van der Waals surface area contributed by atoms with E-state index in [1.807, 2.05) is 6.92 Å². The maximum Gasteiger partial charge on any atom is 0.407 e. The molecule has 4 aliphatic rings. The summed E-state index contributed by atoms with van der Waals surface area (Å²) in [5.41, 5.74) is 2.30. The van der Waals surface area contributed by atoms with Gasteiger partial charge in [0, 0.05) is 20.2 Å². The van der Waals surface area contributed by atoms with Crippen LogP contribution in [0.15, 0.2) is 11.6 Å². The number of quaternary nitrogens is 1. The van der Waals surface area contributed by atoms with Crippen LogP contribution >= 0.6 is 7.60 Å². The molecule has 3 unspecified atom stereocenters. The van der Waals surface area contributed by atoms with Gasteiger partial charge < -0.3 is 28.3 Å². The molecule has 1 amide bonds. The van der Waals surface area contributed by atoms with Crippen molar-refractivity contribution in [2.75, 3.05) is 66.8 Å². The lowest BCUT2D eigenvalue weighted by atomic mass is 9.47. The molecular formula is C39H72N2O6P+. The summed E-state index contributed by atoms with van der Waals surface area (Å²) in [6.45, 7) is 19.7. The lowest BCUT2D eigenvalue weighted by molar-refractivity contribution is -0.908. The molecule has 0 heterocycles. The van der Waals surface area contributed by atoms with Gasteiger partial charge in [-0.2, -0.15) is 0 Å². The Hall–Kier alpha value is -0.920. The highest BCUT2D eigenvalue weighted by Gasteiger charge is 2.59. The fourth-order valence-corrected chi connectivity index (χ4v) is 11.7. The molecule has 48 heavy (non-hydrogen) atoms. The Kier molecular flexibility index (Phi) is 14.2. The fraction of sp³-hybridized carbons (Fsp3) is 0.923. The van der Waals surface area contributed by atoms with Crippen LogP contribution in [0.2, 0.25) is 0 Å². The van der Waals surface area contributed by atoms with Crippen LogP contribution in [0.4, 0.5) is 4.79 Å². The van der Waals surface area contributed by atoms with E-state index in [0.29, 0.717) is 49.4 Å². The highest BCUT2D eigenvalue weighted by molar-refractivity contribution is 7.52. The van der Waals surface area contributed by atoms with E-state index in [1.54, 1.807) is 12.7 Å². The minimum absolute atomic E-state index is 0.0580. The van der Waals surface area contributed by atoms with Crippen LogP contribution in [0.1, 0.15) is 112 Å². The minimum atomic E-state index is -3.05. The molecule has 9 heteroatoms. The molecule has 0 radical (unpaired) electrons. The van der Waals surface area contributed by atoms with E-state index in [1.165, 1.54) is 58.0 Å². The van der Waals surface area contributed by atoms with Crippen LogP contribution in [0.3, 0.4) is 0 Å². The number of hydrogen-bond donors (Lipinski definition) is 1. The normalized spacial score (nSPS) is 34.6. The molecule has 0 aromatic carbocycles. The molecule has 0 bridgehead atoms. The van der Waals surface area contributed by atoms with E-state index in [9.17, 15) is 9.36 Å². The highest BCUT2D eigenvalue weighted by atomic mass is 31.2. The summed E-state index contributed by atoms with van der Waals surface area (Å²) >= 11 is 0. The largest absolute Gasteiger partial charge is 0.446 e.